The number of nitrogens with zero attached hydrogens (tertiary/aromatic N) is 2. The van der Waals surface area contributed by atoms with Crippen LogP contribution < -0.4 is 0 Å². The first kappa shape index (κ1) is 37.8. The largest absolute Gasteiger partial charge is 0.531 e. The number of aromatic nitrogens is 2. The van der Waals surface area contributed by atoms with Gasteiger partial charge in [-0.2, -0.15) is 0 Å². The van der Waals surface area contributed by atoms with Gasteiger partial charge < -0.3 is 28.3 Å². The maximum absolute atomic E-state index is 11.3. The van der Waals surface area contributed by atoms with Crippen LogP contribution in [-0.4, -0.2) is 67.7 Å². The number of hydrogen-bond donors (Lipinski definition) is 0. The Morgan fingerprint density at radius 3 is 1.89 bits per heavy atom. The van der Waals surface area contributed by atoms with Crippen LogP contribution in [0.1, 0.15) is 77.6 Å². The molecular formula is C33H46BClN2O8. The lowest BCUT2D eigenvalue weighted by Crippen LogP contribution is -2.41. The summed E-state index contributed by atoms with van der Waals surface area (Å²) in [5.74, 6) is 0.191. The van der Waals surface area contributed by atoms with Crippen LogP contribution >= 0.6 is 11.6 Å². The molecule has 12 heteroatoms. The number of carbonyl (C=O) groups is 2. The predicted octanol–water partition coefficient (Wildman–Crippen LogP) is 6.35. The third-order valence-electron chi connectivity index (χ3n) is 7.47. The molecule has 246 valence electrons. The van der Waals surface area contributed by atoms with E-state index in [0.717, 1.165) is 55.0 Å². The summed E-state index contributed by atoms with van der Waals surface area (Å²) in [6.07, 6.45) is 11.9. The first-order chi connectivity index (χ1) is 21.0. The molecule has 45 heavy (non-hydrogen) atoms. The molecule has 2 aromatic rings. The van der Waals surface area contributed by atoms with Crippen molar-refractivity contribution in [3.63, 3.8) is 0 Å². The fourth-order valence-corrected chi connectivity index (χ4v) is 4.42. The Labute approximate surface area is 272 Å². The average Bonchev–Trinajstić information content (AvgIpc) is 3.26. The SMILES string of the molecule is C.CC1(C)OB(C2=CCCCO2)OC1(C)C.COC(=O)Cc1cccnc1C1=CCCCO1.COC(=O)Cc1cccnc1Cl. The molecule has 5 heterocycles. The molecule has 2 aromatic heterocycles. The molecule has 0 atom stereocenters. The maximum Gasteiger partial charge on any atom is 0.531 e. The Kier molecular flexibility index (Phi) is 15.0. The van der Waals surface area contributed by atoms with Crippen molar-refractivity contribution < 1.29 is 37.8 Å². The van der Waals surface area contributed by atoms with Crippen molar-refractivity contribution in [3.8, 4) is 0 Å². The van der Waals surface area contributed by atoms with Crippen LogP contribution in [0.4, 0.5) is 0 Å². The lowest BCUT2D eigenvalue weighted by molar-refractivity contribution is -0.140. The molecule has 1 fully saturated rings. The standard InChI is InChI=1S/C13H15NO3.C11H19BO3.C8H8ClNO2.CH4/c1-16-12(15)9-10-5-4-7-14-13(10)11-6-2-3-8-17-11;1-10(2)11(3,4)15-12(14-10)9-7-5-6-8-13-9;1-12-7(11)5-6-3-2-4-10-8(6)9;/h4-7H,2-3,8-9H2,1H3;7H,5-6,8H2,1-4H3;2-4H,5H2,1H3;1H4. The van der Waals surface area contributed by atoms with E-state index in [1.807, 2.05) is 18.2 Å². The molecule has 0 bridgehead atoms. The number of methoxy groups -OCH3 is 2. The Bertz CT molecular complexity index is 1320. The van der Waals surface area contributed by atoms with Crippen molar-refractivity contribution in [2.24, 2.45) is 0 Å². The van der Waals surface area contributed by atoms with Crippen molar-refractivity contribution in [1.29, 1.82) is 0 Å². The topological polar surface area (TPSA) is 115 Å². The van der Waals surface area contributed by atoms with Gasteiger partial charge in [0.15, 0.2) is 0 Å². The molecule has 0 spiro atoms. The maximum atomic E-state index is 11.3. The summed E-state index contributed by atoms with van der Waals surface area (Å²) in [4.78, 5) is 30.2. The highest BCUT2D eigenvalue weighted by Gasteiger charge is 2.53. The molecule has 0 N–H and O–H groups in total. The van der Waals surface area contributed by atoms with Crippen LogP contribution in [0.3, 0.4) is 0 Å². The summed E-state index contributed by atoms with van der Waals surface area (Å²) in [5.41, 5.74) is 2.56. The quantitative estimate of drug-likeness (QED) is 0.200. The third kappa shape index (κ3) is 11.2. The number of halogens is 1. The summed E-state index contributed by atoms with van der Waals surface area (Å²) >= 11 is 5.71. The lowest BCUT2D eigenvalue weighted by Gasteiger charge is -2.32. The van der Waals surface area contributed by atoms with Gasteiger partial charge in [0.05, 0.1) is 51.5 Å². The first-order valence-electron chi connectivity index (χ1n) is 14.7. The number of carbonyl (C=O) groups excluding carboxylic acids is 2. The van der Waals surface area contributed by atoms with Crippen molar-refractivity contribution in [1.82, 2.24) is 9.97 Å². The van der Waals surface area contributed by atoms with E-state index < -0.39 is 0 Å². The van der Waals surface area contributed by atoms with E-state index in [-0.39, 0.29) is 50.5 Å². The van der Waals surface area contributed by atoms with E-state index in [2.05, 4.69) is 53.2 Å². The molecule has 3 aliphatic heterocycles. The highest BCUT2D eigenvalue weighted by molar-refractivity contribution is 6.53. The van der Waals surface area contributed by atoms with Gasteiger partial charge in [0, 0.05) is 18.0 Å². The summed E-state index contributed by atoms with van der Waals surface area (Å²) in [6.45, 7) is 9.69. The van der Waals surface area contributed by atoms with Gasteiger partial charge in [0.2, 0.25) is 0 Å². The van der Waals surface area contributed by atoms with E-state index in [1.165, 1.54) is 14.2 Å². The zero-order chi connectivity index (χ0) is 32.2. The molecule has 10 nitrogen and oxygen atoms in total. The zero-order valence-electron chi connectivity index (χ0n) is 26.4. The Morgan fingerprint density at radius 2 is 1.38 bits per heavy atom. The van der Waals surface area contributed by atoms with Crippen molar-refractivity contribution in [2.45, 2.75) is 84.8 Å². The Morgan fingerprint density at radius 1 is 0.844 bits per heavy atom. The number of pyridine rings is 2. The minimum absolute atomic E-state index is 0. The molecule has 1 saturated heterocycles. The number of esters is 2. The monoisotopic (exact) mass is 644 g/mol. The van der Waals surface area contributed by atoms with Gasteiger partial charge in [0.25, 0.3) is 0 Å². The molecule has 3 aliphatic rings. The van der Waals surface area contributed by atoms with Crippen LogP contribution in [0.15, 0.2) is 54.5 Å². The van der Waals surface area contributed by atoms with Gasteiger partial charge in [-0.25, -0.2) is 4.98 Å². The zero-order valence-corrected chi connectivity index (χ0v) is 27.1. The lowest BCUT2D eigenvalue weighted by atomic mass is 9.85. The van der Waals surface area contributed by atoms with Crippen LogP contribution in [0.2, 0.25) is 5.15 Å². The smallest absolute Gasteiger partial charge is 0.502 e. The van der Waals surface area contributed by atoms with E-state index in [0.29, 0.717) is 17.3 Å². The van der Waals surface area contributed by atoms with E-state index in [4.69, 9.17) is 30.4 Å². The predicted molar refractivity (Wildman–Crippen MR) is 174 cm³/mol. The number of rotatable bonds is 6. The molecule has 5 rings (SSSR count). The minimum Gasteiger partial charge on any atom is -0.502 e. The van der Waals surface area contributed by atoms with Crippen molar-refractivity contribution in [2.75, 3.05) is 27.4 Å². The number of ether oxygens (including phenoxy) is 4. The van der Waals surface area contributed by atoms with E-state index in [9.17, 15) is 9.59 Å². The molecule has 0 saturated carbocycles. The van der Waals surface area contributed by atoms with Gasteiger partial charge in [-0.1, -0.05) is 31.2 Å². The molecule has 0 radical (unpaired) electrons. The second-order valence-corrected chi connectivity index (χ2v) is 11.6. The normalized spacial score (nSPS) is 17.6. The minimum atomic E-state index is -0.324. The van der Waals surface area contributed by atoms with Gasteiger partial charge >= 0.3 is 19.1 Å². The summed E-state index contributed by atoms with van der Waals surface area (Å²) in [6, 6.07) is 7.15. The van der Waals surface area contributed by atoms with Gasteiger partial charge in [0.1, 0.15) is 22.3 Å². The molecule has 0 unspecified atom stereocenters. The van der Waals surface area contributed by atoms with Crippen LogP contribution in [0.5, 0.6) is 0 Å². The van der Waals surface area contributed by atoms with Crippen molar-refractivity contribution in [3.05, 3.63) is 76.4 Å². The highest BCUT2D eigenvalue weighted by atomic mass is 35.5. The fourth-order valence-electron chi connectivity index (χ4n) is 4.23. The van der Waals surface area contributed by atoms with Crippen LogP contribution in [-0.2, 0) is 50.7 Å². The Balaban J connectivity index is 0.000000236. The third-order valence-corrected chi connectivity index (χ3v) is 7.81. The fraction of sp³-hybridized carbons (Fsp3) is 0.515. The second-order valence-electron chi connectivity index (χ2n) is 11.2. The summed E-state index contributed by atoms with van der Waals surface area (Å²) < 4.78 is 32.1. The average molecular weight is 645 g/mol. The van der Waals surface area contributed by atoms with Crippen LogP contribution in [0.25, 0.3) is 5.76 Å². The molecular weight excluding hydrogens is 599 g/mol. The van der Waals surface area contributed by atoms with Crippen molar-refractivity contribution >= 4 is 36.4 Å². The summed E-state index contributed by atoms with van der Waals surface area (Å²) in [7, 11) is 2.40. The highest BCUT2D eigenvalue weighted by Crippen LogP contribution is 2.39. The second kappa shape index (κ2) is 17.9. The Hall–Kier alpha value is -3.41. The van der Waals surface area contributed by atoms with Gasteiger partial charge in [-0.3, -0.25) is 14.6 Å². The number of allylic oxidation sites excluding steroid dienone is 2. The summed E-state index contributed by atoms with van der Waals surface area (Å²) in [5, 5.41) is 0.350. The number of hydrogen-bond acceptors (Lipinski definition) is 10. The molecule has 0 aliphatic carbocycles. The van der Waals surface area contributed by atoms with E-state index >= 15 is 0 Å². The van der Waals surface area contributed by atoms with Crippen LogP contribution in [0, 0.1) is 0 Å². The molecule has 0 aromatic carbocycles. The van der Waals surface area contributed by atoms with Gasteiger partial charge in [-0.05, 0) is 83.2 Å². The molecule has 0 amide bonds. The van der Waals surface area contributed by atoms with E-state index in [1.54, 1.807) is 24.5 Å². The first-order valence-corrected chi connectivity index (χ1v) is 15.0. The van der Waals surface area contributed by atoms with Gasteiger partial charge in [-0.15, -0.1) is 0 Å².